The lowest BCUT2D eigenvalue weighted by molar-refractivity contribution is 0.766. The molecule has 0 aliphatic heterocycles. The molecule has 0 saturated heterocycles. The molecular weight excluding hydrogens is 230 g/mol. The SMILES string of the molecule is CC(C)c1nc(NCc2cccnn2)cc(=O)[nH]1. The van der Waals surface area contributed by atoms with Crippen molar-refractivity contribution in [3.63, 3.8) is 0 Å². The van der Waals surface area contributed by atoms with E-state index in [4.69, 9.17) is 0 Å². The molecule has 2 rings (SSSR count). The van der Waals surface area contributed by atoms with Gasteiger partial charge in [0.2, 0.25) is 0 Å². The molecule has 0 unspecified atom stereocenters. The highest BCUT2D eigenvalue weighted by Crippen LogP contribution is 2.09. The highest BCUT2D eigenvalue weighted by Gasteiger charge is 2.05. The van der Waals surface area contributed by atoms with Crippen molar-refractivity contribution in [2.24, 2.45) is 0 Å². The Hall–Kier alpha value is -2.24. The topological polar surface area (TPSA) is 83.6 Å². The van der Waals surface area contributed by atoms with Gasteiger partial charge in [0, 0.05) is 18.2 Å². The number of aromatic amines is 1. The Bertz CT molecular complexity index is 564. The van der Waals surface area contributed by atoms with Crippen LogP contribution in [-0.2, 0) is 6.54 Å². The molecule has 0 atom stereocenters. The molecule has 2 heterocycles. The average Bonchev–Trinajstić information content (AvgIpc) is 2.37. The van der Waals surface area contributed by atoms with E-state index in [1.165, 1.54) is 6.07 Å². The number of nitrogens with one attached hydrogen (secondary N) is 2. The average molecular weight is 245 g/mol. The lowest BCUT2D eigenvalue weighted by Crippen LogP contribution is -2.14. The Morgan fingerprint density at radius 3 is 2.94 bits per heavy atom. The van der Waals surface area contributed by atoms with E-state index in [-0.39, 0.29) is 11.5 Å². The highest BCUT2D eigenvalue weighted by molar-refractivity contribution is 5.33. The standard InChI is InChI=1S/C12H15N5O/c1-8(2)12-15-10(6-11(18)16-12)13-7-9-4-3-5-14-17-9/h3-6,8H,7H2,1-2H3,(H2,13,15,16,18). The summed E-state index contributed by atoms with van der Waals surface area (Å²) in [5.74, 6) is 1.40. The predicted molar refractivity (Wildman–Crippen MR) is 68.3 cm³/mol. The minimum absolute atomic E-state index is 0.157. The Kier molecular flexibility index (Phi) is 3.66. The predicted octanol–water partition coefficient (Wildman–Crippen LogP) is 1.30. The summed E-state index contributed by atoms with van der Waals surface area (Å²) in [6.07, 6.45) is 1.62. The number of rotatable bonds is 4. The number of hydrogen-bond donors (Lipinski definition) is 2. The maximum atomic E-state index is 11.5. The first kappa shape index (κ1) is 12.2. The largest absolute Gasteiger partial charge is 0.364 e. The normalized spacial score (nSPS) is 10.6. The first-order chi connectivity index (χ1) is 8.65. The van der Waals surface area contributed by atoms with E-state index in [0.29, 0.717) is 18.2 Å². The molecule has 0 radical (unpaired) electrons. The van der Waals surface area contributed by atoms with Crippen molar-refractivity contribution in [2.45, 2.75) is 26.3 Å². The first-order valence-corrected chi connectivity index (χ1v) is 5.77. The third-order valence-corrected chi connectivity index (χ3v) is 2.39. The molecule has 6 nitrogen and oxygen atoms in total. The fourth-order valence-electron chi connectivity index (χ4n) is 1.45. The Morgan fingerprint density at radius 1 is 1.44 bits per heavy atom. The van der Waals surface area contributed by atoms with Crippen molar-refractivity contribution in [1.82, 2.24) is 20.2 Å². The van der Waals surface area contributed by atoms with E-state index in [0.717, 1.165) is 5.69 Å². The van der Waals surface area contributed by atoms with Crippen molar-refractivity contribution >= 4 is 5.82 Å². The molecule has 2 aromatic rings. The zero-order chi connectivity index (χ0) is 13.0. The third-order valence-electron chi connectivity index (χ3n) is 2.39. The van der Waals surface area contributed by atoms with Gasteiger partial charge >= 0.3 is 0 Å². The van der Waals surface area contributed by atoms with E-state index < -0.39 is 0 Å². The van der Waals surface area contributed by atoms with Crippen LogP contribution in [0.2, 0.25) is 0 Å². The minimum Gasteiger partial charge on any atom is -0.364 e. The van der Waals surface area contributed by atoms with Crippen molar-refractivity contribution in [2.75, 3.05) is 5.32 Å². The van der Waals surface area contributed by atoms with Gasteiger partial charge < -0.3 is 10.3 Å². The molecule has 0 aliphatic rings. The molecule has 2 aromatic heterocycles. The Balaban J connectivity index is 2.12. The molecule has 2 N–H and O–H groups in total. The molecule has 18 heavy (non-hydrogen) atoms. The lowest BCUT2D eigenvalue weighted by Gasteiger charge is -2.08. The maximum absolute atomic E-state index is 11.5. The van der Waals surface area contributed by atoms with Gasteiger partial charge in [-0.1, -0.05) is 13.8 Å². The second-order valence-corrected chi connectivity index (χ2v) is 4.24. The van der Waals surface area contributed by atoms with Gasteiger partial charge in [0.15, 0.2) is 0 Å². The zero-order valence-electron chi connectivity index (χ0n) is 10.3. The summed E-state index contributed by atoms with van der Waals surface area (Å²) in [5.41, 5.74) is 0.640. The number of anilines is 1. The summed E-state index contributed by atoms with van der Waals surface area (Å²) in [6.45, 7) is 4.44. The highest BCUT2D eigenvalue weighted by atomic mass is 16.1. The van der Waals surface area contributed by atoms with Gasteiger partial charge in [-0.05, 0) is 12.1 Å². The summed E-state index contributed by atoms with van der Waals surface area (Å²) in [4.78, 5) is 18.5. The van der Waals surface area contributed by atoms with E-state index >= 15 is 0 Å². The smallest absolute Gasteiger partial charge is 0.252 e. The number of H-pyrrole nitrogens is 1. The molecule has 0 bridgehead atoms. The first-order valence-electron chi connectivity index (χ1n) is 5.77. The molecule has 0 amide bonds. The zero-order valence-corrected chi connectivity index (χ0v) is 10.3. The lowest BCUT2D eigenvalue weighted by atomic mass is 10.2. The quantitative estimate of drug-likeness (QED) is 0.848. The van der Waals surface area contributed by atoms with Crippen molar-refractivity contribution in [3.05, 3.63) is 46.3 Å². The second-order valence-electron chi connectivity index (χ2n) is 4.24. The van der Waals surface area contributed by atoms with Crippen LogP contribution in [0.3, 0.4) is 0 Å². The van der Waals surface area contributed by atoms with Gasteiger partial charge in [-0.25, -0.2) is 4.98 Å². The Labute approximate surface area is 105 Å². The van der Waals surface area contributed by atoms with Crippen LogP contribution in [-0.4, -0.2) is 20.2 Å². The van der Waals surface area contributed by atoms with Crippen LogP contribution in [0.25, 0.3) is 0 Å². The summed E-state index contributed by atoms with van der Waals surface area (Å²) in [7, 11) is 0. The number of hydrogen-bond acceptors (Lipinski definition) is 5. The summed E-state index contributed by atoms with van der Waals surface area (Å²) in [5, 5.41) is 10.8. The number of aromatic nitrogens is 4. The molecule has 94 valence electrons. The maximum Gasteiger partial charge on any atom is 0.252 e. The molecule has 0 aliphatic carbocycles. The van der Waals surface area contributed by atoms with Gasteiger partial charge in [0.1, 0.15) is 11.6 Å². The van der Waals surface area contributed by atoms with Crippen LogP contribution in [0.1, 0.15) is 31.3 Å². The third kappa shape index (κ3) is 3.13. The monoisotopic (exact) mass is 245 g/mol. The molecule has 0 aromatic carbocycles. The summed E-state index contributed by atoms with van der Waals surface area (Å²) < 4.78 is 0. The van der Waals surface area contributed by atoms with Crippen LogP contribution >= 0.6 is 0 Å². The van der Waals surface area contributed by atoms with Crippen LogP contribution in [0.5, 0.6) is 0 Å². The van der Waals surface area contributed by atoms with Crippen molar-refractivity contribution in [1.29, 1.82) is 0 Å². The fourth-order valence-corrected chi connectivity index (χ4v) is 1.45. The molecule has 6 heteroatoms. The summed E-state index contributed by atoms with van der Waals surface area (Å²) in [6, 6.07) is 5.10. The van der Waals surface area contributed by atoms with E-state index in [2.05, 4.69) is 25.5 Å². The second kappa shape index (κ2) is 5.39. The Morgan fingerprint density at radius 2 is 2.28 bits per heavy atom. The van der Waals surface area contributed by atoms with Crippen molar-refractivity contribution < 1.29 is 0 Å². The van der Waals surface area contributed by atoms with Crippen LogP contribution in [0.15, 0.2) is 29.2 Å². The van der Waals surface area contributed by atoms with Gasteiger partial charge in [0.05, 0.1) is 12.2 Å². The van der Waals surface area contributed by atoms with E-state index in [1.54, 1.807) is 6.20 Å². The van der Waals surface area contributed by atoms with E-state index in [1.807, 2.05) is 26.0 Å². The van der Waals surface area contributed by atoms with Gasteiger partial charge in [-0.3, -0.25) is 4.79 Å². The van der Waals surface area contributed by atoms with Gasteiger partial charge in [-0.2, -0.15) is 10.2 Å². The van der Waals surface area contributed by atoms with Crippen LogP contribution in [0, 0.1) is 0 Å². The molecule has 0 fully saturated rings. The number of nitrogens with zero attached hydrogens (tertiary/aromatic N) is 3. The van der Waals surface area contributed by atoms with Crippen LogP contribution in [0.4, 0.5) is 5.82 Å². The van der Waals surface area contributed by atoms with Crippen LogP contribution < -0.4 is 10.9 Å². The summed E-state index contributed by atoms with van der Waals surface area (Å²) >= 11 is 0. The fraction of sp³-hybridized carbons (Fsp3) is 0.333. The molecule has 0 saturated carbocycles. The van der Waals surface area contributed by atoms with E-state index in [9.17, 15) is 4.79 Å². The van der Waals surface area contributed by atoms with Crippen molar-refractivity contribution in [3.8, 4) is 0 Å². The molecular formula is C12H15N5O. The minimum atomic E-state index is -0.157. The van der Waals surface area contributed by atoms with Gasteiger partial charge in [-0.15, -0.1) is 0 Å². The molecule has 0 spiro atoms. The van der Waals surface area contributed by atoms with Gasteiger partial charge in [0.25, 0.3) is 5.56 Å².